The number of carbonyl (C=O) groups is 1. The molecule has 1 heterocycles. The zero-order valence-corrected chi connectivity index (χ0v) is 12.7. The number of aromatic nitrogens is 2. The SMILES string of the molecule is CONC(=O)Cn1c(COc2ccccc2)nc2ccccc21. The molecule has 1 N–H and O–H groups in total. The fourth-order valence-electron chi connectivity index (χ4n) is 2.37. The van der Waals surface area contributed by atoms with Crippen LogP contribution in [0.25, 0.3) is 11.0 Å². The van der Waals surface area contributed by atoms with Gasteiger partial charge in [0.15, 0.2) is 0 Å². The van der Waals surface area contributed by atoms with Gasteiger partial charge >= 0.3 is 0 Å². The van der Waals surface area contributed by atoms with Crippen molar-refractivity contribution in [2.24, 2.45) is 0 Å². The topological polar surface area (TPSA) is 65.4 Å². The van der Waals surface area contributed by atoms with E-state index in [1.54, 1.807) is 0 Å². The molecule has 23 heavy (non-hydrogen) atoms. The maximum Gasteiger partial charge on any atom is 0.263 e. The Labute approximate surface area is 133 Å². The van der Waals surface area contributed by atoms with Crippen molar-refractivity contribution in [2.75, 3.05) is 7.11 Å². The van der Waals surface area contributed by atoms with Crippen LogP contribution >= 0.6 is 0 Å². The average molecular weight is 311 g/mol. The summed E-state index contributed by atoms with van der Waals surface area (Å²) < 4.78 is 7.58. The Morgan fingerprint density at radius 1 is 1.13 bits per heavy atom. The van der Waals surface area contributed by atoms with Crippen LogP contribution in [0, 0.1) is 0 Å². The molecule has 0 aliphatic carbocycles. The summed E-state index contributed by atoms with van der Waals surface area (Å²) in [7, 11) is 1.41. The van der Waals surface area contributed by atoms with E-state index < -0.39 is 0 Å². The van der Waals surface area contributed by atoms with Gasteiger partial charge in [0.1, 0.15) is 24.7 Å². The van der Waals surface area contributed by atoms with Gasteiger partial charge in [-0.2, -0.15) is 0 Å². The third-order valence-corrected chi connectivity index (χ3v) is 3.36. The lowest BCUT2D eigenvalue weighted by molar-refractivity contribution is -0.131. The molecule has 0 aliphatic heterocycles. The van der Waals surface area contributed by atoms with Crippen LogP contribution in [0.4, 0.5) is 0 Å². The van der Waals surface area contributed by atoms with Gasteiger partial charge < -0.3 is 9.30 Å². The van der Waals surface area contributed by atoms with Crippen LogP contribution in [0.15, 0.2) is 54.6 Å². The molecule has 3 rings (SSSR count). The van der Waals surface area contributed by atoms with Crippen LogP contribution in [0.3, 0.4) is 0 Å². The first-order chi connectivity index (χ1) is 11.3. The predicted octanol–water partition coefficient (Wildman–Crippen LogP) is 2.29. The molecule has 6 nitrogen and oxygen atoms in total. The van der Waals surface area contributed by atoms with Crippen molar-refractivity contribution in [3.8, 4) is 5.75 Å². The van der Waals surface area contributed by atoms with E-state index in [9.17, 15) is 4.79 Å². The summed E-state index contributed by atoms with van der Waals surface area (Å²) in [4.78, 5) is 21.1. The predicted molar refractivity (Wildman–Crippen MR) is 85.7 cm³/mol. The molecule has 0 saturated carbocycles. The third kappa shape index (κ3) is 3.49. The van der Waals surface area contributed by atoms with Gasteiger partial charge in [0, 0.05) is 0 Å². The molecule has 118 valence electrons. The van der Waals surface area contributed by atoms with E-state index in [4.69, 9.17) is 4.74 Å². The van der Waals surface area contributed by atoms with Crippen molar-refractivity contribution in [3.05, 3.63) is 60.4 Å². The van der Waals surface area contributed by atoms with Gasteiger partial charge in [0.2, 0.25) is 0 Å². The van der Waals surface area contributed by atoms with E-state index in [0.717, 1.165) is 16.8 Å². The Balaban J connectivity index is 1.87. The van der Waals surface area contributed by atoms with Crippen LogP contribution < -0.4 is 10.2 Å². The number of nitrogens with one attached hydrogen (secondary N) is 1. The summed E-state index contributed by atoms with van der Waals surface area (Å²) in [6.07, 6.45) is 0. The summed E-state index contributed by atoms with van der Waals surface area (Å²) in [6.45, 7) is 0.390. The highest BCUT2D eigenvalue weighted by Gasteiger charge is 2.14. The lowest BCUT2D eigenvalue weighted by atomic mass is 10.3. The van der Waals surface area contributed by atoms with Gasteiger partial charge in [-0.15, -0.1) is 0 Å². The molecule has 0 spiro atoms. The van der Waals surface area contributed by atoms with Crippen molar-refractivity contribution >= 4 is 16.9 Å². The third-order valence-electron chi connectivity index (χ3n) is 3.36. The minimum Gasteiger partial charge on any atom is -0.486 e. The largest absolute Gasteiger partial charge is 0.486 e. The van der Waals surface area contributed by atoms with E-state index >= 15 is 0 Å². The molecule has 1 aromatic heterocycles. The molecule has 0 radical (unpaired) electrons. The zero-order valence-electron chi connectivity index (χ0n) is 12.7. The molecular formula is C17H17N3O3. The number of ether oxygens (including phenoxy) is 1. The molecule has 0 atom stereocenters. The smallest absolute Gasteiger partial charge is 0.263 e. The second kappa shape index (κ2) is 6.93. The molecular weight excluding hydrogens is 294 g/mol. The van der Waals surface area contributed by atoms with E-state index in [-0.39, 0.29) is 19.1 Å². The molecule has 2 aromatic carbocycles. The van der Waals surface area contributed by atoms with E-state index in [0.29, 0.717) is 5.82 Å². The molecule has 0 fully saturated rings. The molecule has 3 aromatic rings. The number of rotatable bonds is 6. The second-order valence-electron chi connectivity index (χ2n) is 4.93. The first-order valence-corrected chi connectivity index (χ1v) is 7.22. The highest BCUT2D eigenvalue weighted by atomic mass is 16.6. The van der Waals surface area contributed by atoms with Crippen molar-refractivity contribution in [3.63, 3.8) is 0 Å². The zero-order chi connectivity index (χ0) is 16.1. The number of amides is 1. The molecule has 0 bridgehead atoms. The number of fused-ring (bicyclic) bond motifs is 1. The summed E-state index contributed by atoms with van der Waals surface area (Å²) >= 11 is 0. The monoisotopic (exact) mass is 311 g/mol. The van der Waals surface area contributed by atoms with E-state index in [1.165, 1.54) is 7.11 Å². The van der Waals surface area contributed by atoms with Gasteiger partial charge in [0.25, 0.3) is 5.91 Å². The van der Waals surface area contributed by atoms with Crippen LogP contribution in [0.5, 0.6) is 5.75 Å². The minimum atomic E-state index is -0.253. The van der Waals surface area contributed by atoms with Crippen LogP contribution in [0.2, 0.25) is 0 Å². The maximum atomic E-state index is 11.9. The number of imidazole rings is 1. The number of benzene rings is 2. The van der Waals surface area contributed by atoms with Gasteiger partial charge in [0.05, 0.1) is 18.1 Å². The van der Waals surface area contributed by atoms with Crippen molar-refractivity contribution < 1.29 is 14.4 Å². The Morgan fingerprint density at radius 2 is 1.87 bits per heavy atom. The van der Waals surface area contributed by atoms with Crippen LogP contribution in [0.1, 0.15) is 5.82 Å². The Morgan fingerprint density at radius 3 is 2.65 bits per heavy atom. The Kier molecular flexibility index (Phi) is 4.54. The average Bonchev–Trinajstić information content (AvgIpc) is 2.92. The van der Waals surface area contributed by atoms with Gasteiger partial charge in [-0.3, -0.25) is 9.63 Å². The second-order valence-corrected chi connectivity index (χ2v) is 4.93. The van der Waals surface area contributed by atoms with E-state index in [1.807, 2.05) is 59.2 Å². The first-order valence-electron chi connectivity index (χ1n) is 7.22. The standard InChI is InChI=1S/C17H17N3O3/c1-22-19-17(21)11-20-15-10-6-5-9-14(15)18-16(20)12-23-13-7-3-2-4-8-13/h2-10H,11-12H2,1H3,(H,19,21). The van der Waals surface area contributed by atoms with E-state index in [2.05, 4.69) is 15.3 Å². The molecule has 0 saturated heterocycles. The number of hydrogen-bond acceptors (Lipinski definition) is 4. The highest BCUT2D eigenvalue weighted by Crippen LogP contribution is 2.18. The summed E-state index contributed by atoms with van der Waals surface area (Å²) in [6, 6.07) is 17.2. The number of para-hydroxylation sites is 3. The van der Waals surface area contributed by atoms with Gasteiger partial charge in [-0.05, 0) is 24.3 Å². The lowest BCUT2D eigenvalue weighted by Crippen LogP contribution is -2.27. The number of nitrogens with zero attached hydrogens (tertiary/aromatic N) is 2. The molecule has 1 amide bonds. The Hall–Kier alpha value is -2.86. The number of hydrogen-bond donors (Lipinski definition) is 1. The fourth-order valence-corrected chi connectivity index (χ4v) is 2.37. The van der Waals surface area contributed by atoms with Gasteiger partial charge in [-0.1, -0.05) is 30.3 Å². The summed E-state index contributed by atoms with van der Waals surface area (Å²) in [5.41, 5.74) is 4.02. The summed E-state index contributed by atoms with van der Waals surface area (Å²) in [5.74, 6) is 1.19. The van der Waals surface area contributed by atoms with Gasteiger partial charge in [-0.25, -0.2) is 10.5 Å². The molecule has 0 unspecified atom stereocenters. The molecule has 6 heteroatoms. The maximum absolute atomic E-state index is 11.9. The van der Waals surface area contributed by atoms with Crippen LogP contribution in [-0.4, -0.2) is 22.6 Å². The summed E-state index contributed by atoms with van der Waals surface area (Å²) in [5, 5.41) is 0. The Bertz CT molecular complexity index is 799. The first kappa shape index (κ1) is 15.1. The van der Waals surface area contributed by atoms with Crippen LogP contribution in [-0.2, 0) is 22.8 Å². The van der Waals surface area contributed by atoms with Crippen molar-refractivity contribution in [1.82, 2.24) is 15.0 Å². The lowest BCUT2D eigenvalue weighted by Gasteiger charge is -2.10. The number of hydroxylamine groups is 1. The quantitative estimate of drug-likeness (QED) is 0.709. The van der Waals surface area contributed by atoms with Crippen molar-refractivity contribution in [1.29, 1.82) is 0 Å². The minimum absolute atomic E-state index is 0.113. The number of carbonyl (C=O) groups excluding carboxylic acids is 1. The fraction of sp³-hybridized carbons (Fsp3) is 0.176. The highest BCUT2D eigenvalue weighted by molar-refractivity contribution is 5.80. The molecule has 0 aliphatic rings. The normalized spacial score (nSPS) is 10.7. The van der Waals surface area contributed by atoms with Crippen molar-refractivity contribution in [2.45, 2.75) is 13.2 Å².